The van der Waals surface area contributed by atoms with Crippen LogP contribution >= 0.6 is 0 Å². The number of benzene rings is 1. The second-order valence-corrected chi connectivity index (χ2v) is 8.53. The Hall–Kier alpha value is -1.81. The number of amides is 1. The predicted octanol–water partition coefficient (Wildman–Crippen LogP) is 3.54. The Labute approximate surface area is 149 Å². The molecule has 3 aliphatic rings. The van der Waals surface area contributed by atoms with Crippen LogP contribution in [0.2, 0.25) is 0 Å². The van der Waals surface area contributed by atoms with Crippen LogP contribution in [0.25, 0.3) is 10.9 Å². The lowest BCUT2D eigenvalue weighted by Gasteiger charge is -2.50. The van der Waals surface area contributed by atoms with E-state index in [9.17, 15) is 4.79 Å². The summed E-state index contributed by atoms with van der Waals surface area (Å²) in [4.78, 5) is 18.9. The van der Waals surface area contributed by atoms with Crippen molar-refractivity contribution in [2.45, 2.75) is 57.5 Å². The highest BCUT2D eigenvalue weighted by Crippen LogP contribution is 2.51. The van der Waals surface area contributed by atoms with Gasteiger partial charge in [-0.3, -0.25) is 9.69 Å². The molecule has 4 nitrogen and oxygen atoms in total. The maximum Gasteiger partial charge on any atom is 0.220 e. The Morgan fingerprint density at radius 3 is 3.00 bits per heavy atom. The van der Waals surface area contributed by atoms with Crippen molar-refractivity contribution in [3.8, 4) is 0 Å². The zero-order chi connectivity index (χ0) is 17.0. The quantitative estimate of drug-likeness (QED) is 0.900. The maximum atomic E-state index is 12.6. The van der Waals surface area contributed by atoms with Crippen molar-refractivity contribution in [1.82, 2.24) is 15.2 Å². The monoisotopic (exact) mass is 337 g/mol. The number of carbonyl (C=O) groups excluding carboxylic acids is 1. The molecule has 0 bridgehead atoms. The molecule has 2 aliphatic heterocycles. The lowest BCUT2D eigenvalue weighted by atomic mass is 9.69. The van der Waals surface area contributed by atoms with Gasteiger partial charge in [0, 0.05) is 35.6 Å². The normalized spacial score (nSPS) is 29.2. The smallest absolute Gasteiger partial charge is 0.220 e. The fraction of sp³-hybridized carbons (Fsp3) is 0.571. The molecule has 0 spiro atoms. The Balaban J connectivity index is 1.53. The van der Waals surface area contributed by atoms with Gasteiger partial charge in [0.15, 0.2) is 0 Å². The fourth-order valence-corrected chi connectivity index (χ4v) is 5.20. The molecule has 2 aromatic rings. The zero-order valence-corrected chi connectivity index (χ0v) is 15.0. The van der Waals surface area contributed by atoms with Gasteiger partial charge in [0.25, 0.3) is 0 Å². The van der Waals surface area contributed by atoms with Gasteiger partial charge >= 0.3 is 0 Å². The standard InChI is InChI=1S/C21H27N3O/c1-21(13-18(25)22-14-7-8-14)10-4-11-24-12-9-16-15-5-2-3-6-17(15)23-19(16)20(21)24/h2-3,5-6,14,20,23H,4,7-13H2,1H3,(H,22,25)/t20-,21+/m1/s1. The molecule has 1 saturated heterocycles. The van der Waals surface area contributed by atoms with Gasteiger partial charge in [-0.05, 0) is 55.7 Å². The van der Waals surface area contributed by atoms with E-state index in [2.05, 4.69) is 46.4 Å². The van der Waals surface area contributed by atoms with Crippen molar-refractivity contribution in [3.05, 3.63) is 35.5 Å². The van der Waals surface area contributed by atoms with Crippen LogP contribution in [0.3, 0.4) is 0 Å². The largest absolute Gasteiger partial charge is 0.357 e. The summed E-state index contributed by atoms with van der Waals surface area (Å²) >= 11 is 0. The molecular weight excluding hydrogens is 310 g/mol. The van der Waals surface area contributed by atoms with E-state index < -0.39 is 0 Å². The van der Waals surface area contributed by atoms with E-state index >= 15 is 0 Å². The van der Waals surface area contributed by atoms with E-state index in [0.29, 0.717) is 18.5 Å². The highest BCUT2D eigenvalue weighted by Gasteiger charge is 2.46. The van der Waals surface area contributed by atoms with Gasteiger partial charge < -0.3 is 10.3 Å². The van der Waals surface area contributed by atoms with Crippen molar-refractivity contribution < 1.29 is 4.79 Å². The van der Waals surface area contributed by atoms with E-state index in [1.807, 2.05) is 0 Å². The summed E-state index contributed by atoms with van der Waals surface area (Å²) in [5.74, 6) is 0.245. The summed E-state index contributed by atoms with van der Waals surface area (Å²) in [6.45, 7) is 4.59. The van der Waals surface area contributed by atoms with E-state index in [0.717, 1.165) is 38.8 Å². The molecule has 1 saturated carbocycles. The minimum Gasteiger partial charge on any atom is -0.357 e. The molecule has 1 amide bonds. The van der Waals surface area contributed by atoms with Gasteiger partial charge in [0.1, 0.15) is 0 Å². The van der Waals surface area contributed by atoms with Crippen molar-refractivity contribution in [2.24, 2.45) is 5.41 Å². The van der Waals surface area contributed by atoms with Gasteiger partial charge in [-0.2, -0.15) is 0 Å². The molecule has 2 fully saturated rings. The lowest BCUT2D eigenvalue weighted by molar-refractivity contribution is -0.126. The van der Waals surface area contributed by atoms with Gasteiger partial charge in [-0.15, -0.1) is 0 Å². The first-order valence-corrected chi connectivity index (χ1v) is 9.77. The highest BCUT2D eigenvalue weighted by atomic mass is 16.1. The maximum absolute atomic E-state index is 12.6. The highest BCUT2D eigenvalue weighted by molar-refractivity contribution is 5.85. The molecule has 1 aromatic carbocycles. The topological polar surface area (TPSA) is 48.1 Å². The first-order chi connectivity index (χ1) is 12.1. The average molecular weight is 337 g/mol. The number of para-hydroxylation sites is 1. The number of hydrogen-bond acceptors (Lipinski definition) is 2. The predicted molar refractivity (Wildman–Crippen MR) is 99.4 cm³/mol. The number of aromatic nitrogens is 1. The molecule has 0 unspecified atom stereocenters. The molecule has 5 rings (SSSR count). The number of hydrogen-bond donors (Lipinski definition) is 2. The minimum atomic E-state index is 0.00721. The van der Waals surface area contributed by atoms with E-state index in [4.69, 9.17) is 0 Å². The number of carbonyl (C=O) groups is 1. The van der Waals surface area contributed by atoms with E-state index in [-0.39, 0.29) is 11.3 Å². The van der Waals surface area contributed by atoms with E-state index in [1.54, 1.807) is 0 Å². The van der Waals surface area contributed by atoms with Crippen LogP contribution in [0.15, 0.2) is 24.3 Å². The Morgan fingerprint density at radius 1 is 1.32 bits per heavy atom. The summed E-state index contributed by atoms with van der Waals surface area (Å²) in [7, 11) is 0. The zero-order valence-electron chi connectivity index (χ0n) is 15.0. The number of aromatic amines is 1. The number of H-pyrrole nitrogens is 1. The Bertz CT molecular complexity index is 822. The number of piperidine rings is 1. The molecule has 4 heteroatoms. The molecule has 0 radical (unpaired) electrons. The summed E-state index contributed by atoms with van der Waals surface area (Å²) in [6, 6.07) is 9.43. The van der Waals surface area contributed by atoms with Gasteiger partial charge in [-0.1, -0.05) is 25.1 Å². The van der Waals surface area contributed by atoms with Crippen LogP contribution in [0, 0.1) is 5.41 Å². The molecular formula is C21H27N3O. The van der Waals surface area contributed by atoms with Crippen molar-refractivity contribution in [3.63, 3.8) is 0 Å². The van der Waals surface area contributed by atoms with Crippen molar-refractivity contribution in [2.75, 3.05) is 13.1 Å². The van der Waals surface area contributed by atoms with Crippen LogP contribution in [0.4, 0.5) is 0 Å². The van der Waals surface area contributed by atoms with Crippen molar-refractivity contribution in [1.29, 1.82) is 0 Å². The van der Waals surface area contributed by atoms with Gasteiger partial charge in [0.05, 0.1) is 6.04 Å². The van der Waals surface area contributed by atoms with Crippen LogP contribution in [-0.2, 0) is 11.2 Å². The fourth-order valence-electron chi connectivity index (χ4n) is 5.20. The lowest BCUT2D eigenvalue weighted by Crippen LogP contribution is -2.49. The van der Waals surface area contributed by atoms with Crippen molar-refractivity contribution >= 4 is 16.8 Å². The number of nitrogens with one attached hydrogen (secondary N) is 2. The second-order valence-electron chi connectivity index (χ2n) is 8.53. The first-order valence-electron chi connectivity index (χ1n) is 9.77. The van der Waals surface area contributed by atoms with Gasteiger partial charge in [0.2, 0.25) is 5.91 Å². The van der Waals surface area contributed by atoms with E-state index in [1.165, 1.54) is 28.6 Å². The average Bonchev–Trinajstić information content (AvgIpc) is 3.31. The SMILES string of the molecule is C[C@@]1(CC(=O)NC2CC2)CCCN2CCc3c([nH]c4ccccc34)[C@@H]21. The molecule has 25 heavy (non-hydrogen) atoms. The summed E-state index contributed by atoms with van der Waals surface area (Å²) < 4.78 is 0. The van der Waals surface area contributed by atoms with Gasteiger partial charge in [-0.25, -0.2) is 0 Å². The first kappa shape index (κ1) is 15.4. The molecule has 3 heterocycles. The Morgan fingerprint density at radius 2 is 2.16 bits per heavy atom. The third-order valence-corrected chi connectivity index (χ3v) is 6.49. The second kappa shape index (κ2) is 5.60. The van der Waals surface area contributed by atoms with Crippen LogP contribution in [-0.4, -0.2) is 34.9 Å². The summed E-state index contributed by atoms with van der Waals surface area (Å²) in [5, 5.41) is 4.57. The summed E-state index contributed by atoms with van der Waals surface area (Å²) in [5.41, 5.74) is 4.10. The molecule has 1 aromatic heterocycles. The summed E-state index contributed by atoms with van der Waals surface area (Å²) in [6.07, 6.45) is 6.38. The number of fused-ring (bicyclic) bond motifs is 5. The van der Waals surface area contributed by atoms with Crippen LogP contribution < -0.4 is 5.32 Å². The molecule has 132 valence electrons. The van der Waals surface area contributed by atoms with Crippen LogP contribution in [0.5, 0.6) is 0 Å². The molecule has 2 N–H and O–H groups in total. The minimum absolute atomic E-state index is 0.00721. The Kier molecular flexibility index (Phi) is 3.46. The number of nitrogens with zero attached hydrogens (tertiary/aromatic N) is 1. The molecule has 2 atom stereocenters. The third kappa shape index (κ3) is 2.58. The molecule has 1 aliphatic carbocycles. The third-order valence-electron chi connectivity index (χ3n) is 6.49. The van der Waals surface area contributed by atoms with Crippen LogP contribution in [0.1, 0.15) is 56.3 Å². The number of rotatable bonds is 3.